The molecular formula is C20H25N3O2. The first-order valence-corrected chi connectivity index (χ1v) is 9.21. The Labute approximate surface area is 148 Å². The molecule has 25 heavy (non-hydrogen) atoms. The fourth-order valence-corrected chi connectivity index (χ4v) is 3.71. The zero-order valence-corrected chi connectivity index (χ0v) is 14.7. The average molecular weight is 339 g/mol. The standard InChI is InChI=1S/C20H25N3O2/c1-14-4-7-16(11-18(14)24)20(25)23-9-2-3-17(13-23)19-21-8-10-22(19)12-15-5-6-15/h4,7-8,10-11,15,17,24H,2-3,5-6,9,12-13H2,1H3/t17-/m0/s1. The first-order valence-electron chi connectivity index (χ1n) is 9.21. The molecule has 0 bridgehead atoms. The van der Waals surface area contributed by atoms with Gasteiger partial charge >= 0.3 is 0 Å². The van der Waals surface area contributed by atoms with E-state index in [0.717, 1.165) is 43.2 Å². The van der Waals surface area contributed by atoms with Crippen LogP contribution in [-0.2, 0) is 6.54 Å². The molecule has 1 saturated heterocycles. The molecule has 5 heteroatoms. The SMILES string of the molecule is Cc1ccc(C(=O)N2CCC[C@H](c3nccn3CC3CC3)C2)cc1O. The molecule has 1 aliphatic carbocycles. The highest BCUT2D eigenvalue weighted by atomic mass is 16.3. The van der Waals surface area contributed by atoms with Gasteiger partial charge in [-0.3, -0.25) is 4.79 Å². The Morgan fingerprint density at radius 2 is 2.16 bits per heavy atom. The molecule has 5 nitrogen and oxygen atoms in total. The minimum atomic E-state index is 0.000277. The predicted octanol–water partition coefficient (Wildman–Crippen LogP) is 3.33. The van der Waals surface area contributed by atoms with Crippen LogP contribution >= 0.6 is 0 Å². The van der Waals surface area contributed by atoms with Crippen LogP contribution in [0.2, 0.25) is 0 Å². The summed E-state index contributed by atoms with van der Waals surface area (Å²) in [4.78, 5) is 19.3. The predicted molar refractivity (Wildman–Crippen MR) is 95.7 cm³/mol. The second kappa shape index (κ2) is 6.54. The minimum Gasteiger partial charge on any atom is -0.508 e. The van der Waals surface area contributed by atoms with Crippen molar-refractivity contribution < 1.29 is 9.90 Å². The molecular weight excluding hydrogens is 314 g/mol. The molecule has 1 aromatic heterocycles. The van der Waals surface area contributed by atoms with Crippen molar-refractivity contribution in [3.8, 4) is 5.75 Å². The van der Waals surface area contributed by atoms with E-state index in [2.05, 4.69) is 15.7 Å². The molecule has 2 fully saturated rings. The second-order valence-corrected chi connectivity index (χ2v) is 7.47. The normalized spacial score (nSPS) is 20.7. The van der Waals surface area contributed by atoms with E-state index in [4.69, 9.17) is 0 Å². The zero-order valence-electron chi connectivity index (χ0n) is 14.7. The Morgan fingerprint density at radius 1 is 1.32 bits per heavy atom. The number of aryl methyl sites for hydroxylation is 1. The van der Waals surface area contributed by atoms with Crippen LogP contribution in [0.1, 0.15) is 53.3 Å². The molecule has 0 spiro atoms. The molecule has 2 aromatic rings. The summed E-state index contributed by atoms with van der Waals surface area (Å²) in [6.07, 6.45) is 8.67. The van der Waals surface area contributed by atoms with E-state index in [9.17, 15) is 9.90 Å². The number of hydrogen-bond donors (Lipinski definition) is 1. The molecule has 0 radical (unpaired) electrons. The summed E-state index contributed by atoms with van der Waals surface area (Å²) in [6, 6.07) is 5.18. The van der Waals surface area contributed by atoms with Crippen LogP contribution in [-0.4, -0.2) is 38.6 Å². The number of amides is 1. The Balaban J connectivity index is 1.49. The lowest BCUT2D eigenvalue weighted by Crippen LogP contribution is -2.39. The number of phenolic OH excluding ortho intramolecular Hbond substituents is 1. The van der Waals surface area contributed by atoms with E-state index >= 15 is 0 Å². The highest BCUT2D eigenvalue weighted by molar-refractivity contribution is 5.94. The number of piperidine rings is 1. The number of carbonyl (C=O) groups is 1. The zero-order chi connectivity index (χ0) is 17.4. The number of phenols is 1. The van der Waals surface area contributed by atoms with Gasteiger partial charge in [-0.15, -0.1) is 0 Å². The largest absolute Gasteiger partial charge is 0.508 e. The van der Waals surface area contributed by atoms with Crippen molar-refractivity contribution in [2.75, 3.05) is 13.1 Å². The Hall–Kier alpha value is -2.30. The smallest absolute Gasteiger partial charge is 0.254 e. The molecule has 2 aliphatic rings. The van der Waals surface area contributed by atoms with Gasteiger partial charge in [-0.05, 0) is 56.2 Å². The van der Waals surface area contributed by atoms with E-state index in [1.54, 1.807) is 18.2 Å². The van der Waals surface area contributed by atoms with Gasteiger partial charge in [0, 0.05) is 43.5 Å². The van der Waals surface area contributed by atoms with Gasteiger partial charge in [-0.1, -0.05) is 6.07 Å². The number of imidazole rings is 1. The Morgan fingerprint density at radius 3 is 2.92 bits per heavy atom. The third kappa shape index (κ3) is 3.41. The summed E-state index contributed by atoms with van der Waals surface area (Å²) in [7, 11) is 0. The first kappa shape index (κ1) is 16.2. The maximum Gasteiger partial charge on any atom is 0.254 e. The van der Waals surface area contributed by atoms with Crippen molar-refractivity contribution in [3.63, 3.8) is 0 Å². The Bertz CT molecular complexity index is 779. The van der Waals surface area contributed by atoms with Crippen molar-refractivity contribution in [2.45, 2.75) is 45.1 Å². The monoisotopic (exact) mass is 339 g/mol. The summed E-state index contributed by atoms with van der Waals surface area (Å²) >= 11 is 0. The maximum absolute atomic E-state index is 12.8. The van der Waals surface area contributed by atoms with Crippen LogP contribution in [0.4, 0.5) is 0 Å². The van der Waals surface area contributed by atoms with Crippen molar-refractivity contribution in [1.82, 2.24) is 14.5 Å². The van der Waals surface area contributed by atoms with Gasteiger partial charge in [0.15, 0.2) is 0 Å². The summed E-state index contributed by atoms with van der Waals surface area (Å²) in [5.74, 6) is 2.41. The van der Waals surface area contributed by atoms with Crippen molar-refractivity contribution >= 4 is 5.91 Å². The van der Waals surface area contributed by atoms with E-state index in [1.807, 2.05) is 18.0 Å². The fraction of sp³-hybridized carbons (Fsp3) is 0.500. The molecule has 1 atom stereocenters. The van der Waals surface area contributed by atoms with Gasteiger partial charge in [0.05, 0.1) is 0 Å². The molecule has 1 aliphatic heterocycles. The van der Waals surface area contributed by atoms with Crippen LogP contribution in [0.3, 0.4) is 0 Å². The third-order valence-corrected chi connectivity index (χ3v) is 5.43. The number of nitrogens with zero attached hydrogens (tertiary/aromatic N) is 3. The van der Waals surface area contributed by atoms with E-state index < -0.39 is 0 Å². The fourth-order valence-electron chi connectivity index (χ4n) is 3.71. The lowest BCUT2D eigenvalue weighted by atomic mass is 9.96. The van der Waals surface area contributed by atoms with Gasteiger partial charge in [0.1, 0.15) is 11.6 Å². The number of aromatic hydroxyl groups is 1. The molecule has 1 N–H and O–H groups in total. The molecule has 132 valence electrons. The maximum atomic E-state index is 12.8. The van der Waals surface area contributed by atoms with E-state index in [-0.39, 0.29) is 11.7 Å². The van der Waals surface area contributed by atoms with Gasteiger partial charge in [-0.2, -0.15) is 0 Å². The topological polar surface area (TPSA) is 58.4 Å². The van der Waals surface area contributed by atoms with E-state index in [1.165, 1.54) is 12.8 Å². The highest BCUT2D eigenvalue weighted by Gasteiger charge is 2.29. The molecule has 4 rings (SSSR count). The number of aromatic nitrogens is 2. The summed E-state index contributed by atoms with van der Waals surface area (Å²) in [5, 5.41) is 9.89. The van der Waals surface area contributed by atoms with Gasteiger partial charge in [0.25, 0.3) is 5.91 Å². The third-order valence-electron chi connectivity index (χ3n) is 5.43. The molecule has 1 amide bonds. The van der Waals surface area contributed by atoms with Crippen LogP contribution < -0.4 is 0 Å². The van der Waals surface area contributed by atoms with Crippen LogP contribution in [0.25, 0.3) is 0 Å². The van der Waals surface area contributed by atoms with Gasteiger partial charge in [-0.25, -0.2) is 4.98 Å². The summed E-state index contributed by atoms with van der Waals surface area (Å²) < 4.78 is 2.29. The van der Waals surface area contributed by atoms with E-state index in [0.29, 0.717) is 18.0 Å². The van der Waals surface area contributed by atoms with Gasteiger partial charge in [0.2, 0.25) is 0 Å². The second-order valence-electron chi connectivity index (χ2n) is 7.47. The van der Waals surface area contributed by atoms with Crippen LogP contribution in [0, 0.1) is 12.8 Å². The van der Waals surface area contributed by atoms with Gasteiger partial charge < -0.3 is 14.6 Å². The van der Waals surface area contributed by atoms with Crippen LogP contribution in [0.5, 0.6) is 5.75 Å². The van der Waals surface area contributed by atoms with Crippen LogP contribution in [0.15, 0.2) is 30.6 Å². The number of benzene rings is 1. The molecule has 1 aromatic carbocycles. The number of carbonyl (C=O) groups excluding carboxylic acids is 1. The number of rotatable bonds is 4. The lowest BCUT2D eigenvalue weighted by Gasteiger charge is -2.33. The number of likely N-dealkylation sites (tertiary alicyclic amines) is 1. The number of hydrogen-bond acceptors (Lipinski definition) is 3. The molecule has 1 saturated carbocycles. The average Bonchev–Trinajstić information content (AvgIpc) is 3.32. The molecule has 2 heterocycles. The van der Waals surface area contributed by atoms with Crippen molar-refractivity contribution in [1.29, 1.82) is 0 Å². The quantitative estimate of drug-likeness (QED) is 0.929. The lowest BCUT2D eigenvalue weighted by molar-refractivity contribution is 0.0702. The first-order chi connectivity index (χ1) is 12.1. The summed E-state index contributed by atoms with van der Waals surface area (Å²) in [6.45, 7) is 4.37. The van der Waals surface area contributed by atoms with Crippen molar-refractivity contribution in [3.05, 3.63) is 47.5 Å². The minimum absolute atomic E-state index is 0.000277. The highest BCUT2D eigenvalue weighted by Crippen LogP contribution is 2.33. The van der Waals surface area contributed by atoms with Crippen molar-refractivity contribution in [2.24, 2.45) is 5.92 Å². The summed E-state index contributed by atoms with van der Waals surface area (Å²) in [5.41, 5.74) is 1.35. The molecule has 0 unspecified atom stereocenters. The Kier molecular flexibility index (Phi) is 4.24.